The molecule has 0 radical (unpaired) electrons. The van der Waals surface area contributed by atoms with Crippen LogP contribution in [0.15, 0.2) is 42.5 Å². The maximum atomic E-state index is 5.94. The maximum Gasteiger partial charge on any atom is 0.130 e. The van der Waals surface area contributed by atoms with E-state index in [9.17, 15) is 0 Å². The van der Waals surface area contributed by atoms with E-state index in [1.54, 1.807) is 0 Å². The lowest BCUT2D eigenvalue weighted by atomic mass is 9.95. The molecule has 1 unspecified atom stereocenters. The van der Waals surface area contributed by atoms with Gasteiger partial charge < -0.3 is 10.1 Å². The van der Waals surface area contributed by atoms with Crippen molar-refractivity contribution >= 4 is 0 Å². The molecule has 0 bridgehead atoms. The predicted molar refractivity (Wildman–Crippen MR) is 87.8 cm³/mol. The molecule has 0 saturated carbocycles. The topological polar surface area (TPSA) is 21.3 Å². The van der Waals surface area contributed by atoms with E-state index in [0.29, 0.717) is 6.04 Å². The third-order valence-corrected chi connectivity index (χ3v) is 4.14. The molecule has 1 heterocycles. The Morgan fingerprint density at radius 1 is 1.19 bits per heavy atom. The zero-order chi connectivity index (χ0) is 14.7. The summed E-state index contributed by atoms with van der Waals surface area (Å²) in [5.74, 6) is 1.08. The van der Waals surface area contributed by atoms with Crippen molar-refractivity contribution in [3.05, 3.63) is 53.6 Å². The standard InChI is InChI=1S/C19H23NO/c1-3-20-14(2)16-8-4-9-17(13-16)18-11-5-7-15-10-6-12-21-19(15)18/h4-5,7-9,11,13-14,20H,3,6,10,12H2,1-2H3. The highest BCUT2D eigenvalue weighted by Crippen LogP contribution is 2.36. The summed E-state index contributed by atoms with van der Waals surface area (Å²) >= 11 is 0. The lowest BCUT2D eigenvalue weighted by Crippen LogP contribution is -2.17. The predicted octanol–water partition coefficient (Wildman–Crippen LogP) is 4.35. The first-order chi connectivity index (χ1) is 10.3. The fourth-order valence-electron chi connectivity index (χ4n) is 3.02. The van der Waals surface area contributed by atoms with Crippen LogP contribution in [0.4, 0.5) is 0 Å². The van der Waals surface area contributed by atoms with Crippen LogP contribution >= 0.6 is 0 Å². The van der Waals surface area contributed by atoms with Gasteiger partial charge in [0.2, 0.25) is 0 Å². The van der Waals surface area contributed by atoms with Crippen molar-refractivity contribution < 1.29 is 4.74 Å². The Morgan fingerprint density at radius 3 is 2.90 bits per heavy atom. The number of fused-ring (bicyclic) bond motifs is 1. The first-order valence-electron chi connectivity index (χ1n) is 7.88. The third kappa shape index (κ3) is 2.96. The van der Waals surface area contributed by atoms with Crippen molar-refractivity contribution in [1.82, 2.24) is 5.32 Å². The van der Waals surface area contributed by atoms with Crippen molar-refractivity contribution in [2.24, 2.45) is 0 Å². The van der Waals surface area contributed by atoms with Gasteiger partial charge in [0, 0.05) is 11.6 Å². The van der Waals surface area contributed by atoms with Gasteiger partial charge in [-0.2, -0.15) is 0 Å². The van der Waals surface area contributed by atoms with Gasteiger partial charge in [-0.3, -0.25) is 0 Å². The van der Waals surface area contributed by atoms with Crippen LogP contribution in [0, 0.1) is 0 Å². The smallest absolute Gasteiger partial charge is 0.130 e. The minimum Gasteiger partial charge on any atom is -0.493 e. The Balaban J connectivity index is 1.99. The molecule has 1 atom stereocenters. The van der Waals surface area contributed by atoms with E-state index in [-0.39, 0.29) is 0 Å². The molecule has 0 aromatic heterocycles. The van der Waals surface area contributed by atoms with Gasteiger partial charge in [-0.15, -0.1) is 0 Å². The molecule has 2 aromatic carbocycles. The van der Waals surface area contributed by atoms with E-state index >= 15 is 0 Å². The summed E-state index contributed by atoms with van der Waals surface area (Å²) in [7, 11) is 0. The number of aryl methyl sites for hydroxylation is 1. The molecule has 110 valence electrons. The van der Waals surface area contributed by atoms with Crippen molar-refractivity contribution in [2.75, 3.05) is 13.2 Å². The second-order valence-corrected chi connectivity index (χ2v) is 5.65. The summed E-state index contributed by atoms with van der Waals surface area (Å²) in [6, 6.07) is 15.6. The number of rotatable bonds is 4. The van der Waals surface area contributed by atoms with Crippen LogP contribution in [0.25, 0.3) is 11.1 Å². The van der Waals surface area contributed by atoms with Crippen LogP contribution in [0.2, 0.25) is 0 Å². The van der Waals surface area contributed by atoms with Crippen LogP contribution < -0.4 is 10.1 Å². The highest BCUT2D eigenvalue weighted by atomic mass is 16.5. The molecular weight excluding hydrogens is 258 g/mol. The number of ether oxygens (including phenoxy) is 1. The fourth-order valence-corrected chi connectivity index (χ4v) is 3.02. The van der Waals surface area contributed by atoms with Gasteiger partial charge in [0.05, 0.1) is 6.61 Å². The van der Waals surface area contributed by atoms with Crippen LogP contribution in [-0.4, -0.2) is 13.2 Å². The molecule has 2 aromatic rings. The van der Waals surface area contributed by atoms with Gasteiger partial charge in [0.15, 0.2) is 0 Å². The van der Waals surface area contributed by atoms with Crippen LogP contribution in [0.1, 0.15) is 37.4 Å². The largest absolute Gasteiger partial charge is 0.493 e. The molecule has 0 aliphatic carbocycles. The average molecular weight is 281 g/mol. The molecule has 0 amide bonds. The summed E-state index contributed by atoms with van der Waals surface area (Å²) in [4.78, 5) is 0. The molecule has 0 spiro atoms. The molecule has 1 aliphatic heterocycles. The van der Waals surface area contributed by atoms with E-state index in [0.717, 1.165) is 31.7 Å². The number of nitrogens with one attached hydrogen (secondary N) is 1. The summed E-state index contributed by atoms with van der Waals surface area (Å²) in [5, 5.41) is 3.47. The van der Waals surface area contributed by atoms with Crippen molar-refractivity contribution in [2.45, 2.75) is 32.7 Å². The van der Waals surface area contributed by atoms with Crippen molar-refractivity contribution in [3.63, 3.8) is 0 Å². The van der Waals surface area contributed by atoms with Gasteiger partial charge in [-0.05, 0) is 49.1 Å². The lowest BCUT2D eigenvalue weighted by Gasteiger charge is -2.21. The summed E-state index contributed by atoms with van der Waals surface area (Å²) in [6.07, 6.45) is 2.24. The van der Waals surface area contributed by atoms with E-state index < -0.39 is 0 Å². The van der Waals surface area contributed by atoms with E-state index in [2.05, 4.69) is 61.6 Å². The minimum absolute atomic E-state index is 0.371. The van der Waals surface area contributed by atoms with Crippen LogP contribution in [0.3, 0.4) is 0 Å². The van der Waals surface area contributed by atoms with Gasteiger partial charge in [0.25, 0.3) is 0 Å². The van der Waals surface area contributed by atoms with Gasteiger partial charge >= 0.3 is 0 Å². The maximum absolute atomic E-state index is 5.94. The Kier molecular flexibility index (Phi) is 4.26. The number of para-hydroxylation sites is 1. The monoisotopic (exact) mass is 281 g/mol. The Hall–Kier alpha value is -1.80. The lowest BCUT2D eigenvalue weighted by molar-refractivity contribution is 0.289. The molecule has 2 nitrogen and oxygen atoms in total. The molecular formula is C19H23NO. The first kappa shape index (κ1) is 14.2. The van der Waals surface area contributed by atoms with E-state index in [4.69, 9.17) is 4.74 Å². The Labute approximate surface area is 127 Å². The average Bonchev–Trinajstić information content (AvgIpc) is 2.55. The normalized spacial score (nSPS) is 15.1. The zero-order valence-electron chi connectivity index (χ0n) is 12.9. The first-order valence-corrected chi connectivity index (χ1v) is 7.88. The molecule has 0 fully saturated rings. The van der Waals surface area contributed by atoms with Gasteiger partial charge in [0.1, 0.15) is 5.75 Å². The number of hydrogen-bond donors (Lipinski definition) is 1. The third-order valence-electron chi connectivity index (χ3n) is 4.14. The minimum atomic E-state index is 0.371. The van der Waals surface area contributed by atoms with Gasteiger partial charge in [-0.1, -0.05) is 43.3 Å². The zero-order valence-corrected chi connectivity index (χ0v) is 12.9. The molecule has 0 saturated heterocycles. The number of benzene rings is 2. The van der Waals surface area contributed by atoms with Gasteiger partial charge in [-0.25, -0.2) is 0 Å². The second kappa shape index (κ2) is 6.31. The second-order valence-electron chi connectivity index (χ2n) is 5.65. The van der Waals surface area contributed by atoms with E-state index in [1.807, 2.05) is 0 Å². The molecule has 3 rings (SSSR count). The van der Waals surface area contributed by atoms with Crippen molar-refractivity contribution in [3.8, 4) is 16.9 Å². The fraction of sp³-hybridized carbons (Fsp3) is 0.368. The molecule has 2 heteroatoms. The number of hydrogen-bond acceptors (Lipinski definition) is 2. The van der Waals surface area contributed by atoms with Crippen molar-refractivity contribution in [1.29, 1.82) is 0 Å². The van der Waals surface area contributed by atoms with Crippen LogP contribution in [0.5, 0.6) is 5.75 Å². The highest BCUT2D eigenvalue weighted by molar-refractivity contribution is 5.73. The highest BCUT2D eigenvalue weighted by Gasteiger charge is 2.16. The van der Waals surface area contributed by atoms with E-state index in [1.165, 1.54) is 22.3 Å². The summed E-state index contributed by atoms with van der Waals surface area (Å²) in [6.45, 7) is 6.16. The molecule has 1 aliphatic rings. The summed E-state index contributed by atoms with van der Waals surface area (Å²) < 4.78 is 5.94. The Morgan fingerprint density at radius 2 is 2.05 bits per heavy atom. The SMILES string of the molecule is CCNC(C)c1cccc(-c2cccc3c2OCCC3)c1. The summed E-state index contributed by atoms with van der Waals surface area (Å²) in [5.41, 5.74) is 5.13. The Bertz CT molecular complexity index is 621. The quantitative estimate of drug-likeness (QED) is 0.899. The van der Waals surface area contributed by atoms with Crippen LogP contribution in [-0.2, 0) is 6.42 Å². The molecule has 21 heavy (non-hydrogen) atoms. The molecule has 1 N–H and O–H groups in total.